The van der Waals surface area contributed by atoms with Crippen LogP contribution < -0.4 is 0 Å². The summed E-state index contributed by atoms with van der Waals surface area (Å²) >= 11 is 7.64. The summed E-state index contributed by atoms with van der Waals surface area (Å²) in [5, 5.41) is 13.2. The van der Waals surface area contributed by atoms with Crippen molar-refractivity contribution in [1.29, 1.82) is 5.26 Å². The number of hydrogen-bond donors (Lipinski definition) is 0. The summed E-state index contributed by atoms with van der Waals surface area (Å²) in [6.45, 7) is 0.733. The number of aromatic nitrogens is 2. The highest BCUT2D eigenvalue weighted by Gasteiger charge is 2.11. The van der Waals surface area contributed by atoms with Gasteiger partial charge in [0, 0.05) is 0 Å². The first-order valence-electron chi connectivity index (χ1n) is 5.78. The zero-order valence-electron chi connectivity index (χ0n) is 10.0. The van der Waals surface area contributed by atoms with Crippen molar-refractivity contribution in [3.8, 4) is 6.07 Å². The topological polar surface area (TPSA) is 41.6 Å². The van der Waals surface area contributed by atoms with Gasteiger partial charge in [-0.2, -0.15) is 16.6 Å². The van der Waals surface area contributed by atoms with E-state index in [4.69, 9.17) is 16.9 Å². The highest BCUT2D eigenvalue weighted by Crippen LogP contribution is 2.21. The third-order valence-electron chi connectivity index (χ3n) is 3.00. The van der Waals surface area contributed by atoms with E-state index in [1.807, 2.05) is 12.1 Å². The van der Waals surface area contributed by atoms with E-state index < -0.39 is 0 Å². The minimum Gasteiger partial charge on any atom is -0.322 e. The van der Waals surface area contributed by atoms with Crippen LogP contribution in [0.4, 0.5) is 0 Å². The average Bonchev–Trinajstić information content (AvgIpc) is 3.07. The summed E-state index contributed by atoms with van der Waals surface area (Å²) < 4.78 is 2.07. The van der Waals surface area contributed by atoms with Gasteiger partial charge in [-0.25, -0.2) is 4.98 Å². The lowest BCUT2D eigenvalue weighted by Gasteiger charge is -2.06. The maximum atomic E-state index is 9.00. The van der Waals surface area contributed by atoms with Gasteiger partial charge >= 0.3 is 0 Å². The number of nitrogens with zero attached hydrogens (tertiary/aromatic N) is 3. The van der Waals surface area contributed by atoms with Crippen LogP contribution in [-0.2, 0) is 12.4 Å². The van der Waals surface area contributed by atoms with Crippen LogP contribution in [0.25, 0.3) is 11.0 Å². The van der Waals surface area contributed by atoms with Crippen molar-refractivity contribution in [3.63, 3.8) is 0 Å². The molecule has 94 valence electrons. The molecule has 0 aliphatic rings. The van der Waals surface area contributed by atoms with E-state index >= 15 is 0 Å². The number of hydrogen-bond acceptors (Lipinski definition) is 3. The van der Waals surface area contributed by atoms with Crippen LogP contribution in [0.5, 0.6) is 0 Å². The van der Waals surface area contributed by atoms with Gasteiger partial charge in [-0.1, -0.05) is 0 Å². The van der Waals surface area contributed by atoms with Gasteiger partial charge in [0.15, 0.2) is 0 Å². The minimum atomic E-state index is 0.362. The van der Waals surface area contributed by atoms with Gasteiger partial charge in [0.2, 0.25) is 0 Å². The SMILES string of the molecule is N#Cc1ccc2nc(CCl)n(Cc3ccsc3)c2c1. The van der Waals surface area contributed by atoms with Crippen LogP contribution in [0, 0.1) is 11.3 Å². The number of rotatable bonds is 3. The Kier molecular flexibility index (Phi) is 3.24. The molecule has 0 saturated heterocycles. The zero-order chi connectivity index (χ0) is 13.2. The highest BCUT2D eigenvalue weighted by molar-refractivity contribution is 7.07. The second-order valence-corrected chi connectivity index (χ2v) is 5.24. The zero-order valence-corrected chi connectivity index (χ0v) is 11.6. The van der Waals surface area contributed by atoms with Crippen molar-refractivity contribution in [2.45, 2.75) is 12.4 Å². The second kappa shape index (κ2) is 5.04. The molecule has 3 nitrogen and oxygen atoms in total. The average molecular weight is 288 g/mol. The third-order valence-corrected chi connectivity index (χ3v) is 3.97. The van der Waals surface area contributed by atoms with E-state index in [0.717, 1.165) is 23.4 Å². The quantitative estimate of drug-likeness (QED) is 0.688. The van der Waals surface area contributed by atoms with Crippen molar-refractivity contribution >= 4 is 34.0 Å². The van der Waals surface area contributed by atoms with Gasteiger partial charge in [-0.05, 0) is 40.6 Å². The van der Waals surface area contributed by atoms with E-state index in [-0.39, 0.29) is 0 Å². The highest BCUT2D eigenvalue weighted by atomic mass is 35.5. The first kappa shape index (κ1) is 12.2. The summed E-state index contributed by atoms with van der Waals surface area (Å²) in [5.41, 5.74) is 3.70. The molecule has 3 rings (SSSR count). The number of imidazole rings is 1. The molecule has 0 amide bonds. The Balaban J connectivity index is 2.16. The van der Waals surface area contributed by atoms with Crippen LogP contribution in [0.3, 0.4) is 0 Å². The number of thiophene rings is 1. The Bertz CT molecular complexity index is 753. The molecule has 0 aliphatic carbocycles. The first-order chi connectivity index (χ1) is 9.31. The van der Waals surface area contributed by atoms with E-state index in [0.29, 0.717) is 11.4 Å². The molecule has 0 fully saturated rings. The third kappa shape index (κ3) is 2.23. The van der Waals surface area contributed by atoms with Crippen molar-refractivity contribution in [1.82, 2.24) is 9.55 Å². The monoisotopic (exact) mass is 287 g/mol. The Labute approximate surface area is 119 Å². The second-order valence-electron chi connectivity index (χ2n) is 4.19. The molecule has 1 aromatic carbocycles. The Hall–Kier alpha value is -1.83. The van der Waals surface area contributed by atoms with Gasteiger partial charge in [0.1, 0.15) is 5.82 Å². The van der Waals surface area contributed by atoms with E-state index in [9.17, 15) is 0 Å². The number of alkyl halides is 1. The van der Waals surface area contributed by atoms with Gasteiger partial charge in [-0.3, -0.25) is 0 Å². The molecule has 0 atom stereocenters. The molecule has 0 radical (unpaired) electrons. The lowest BCUT2D eigenvalue weighted by molar-refractivity contribution is 0.781. The van der Waals surface area contributed by atoms with Crippen molar-refractivity contribution < 1.29 is 0 Å². The lowest BCUT2D eigenvalue weighted by atomic mass is 10.2. The Morgan fingerprint density at radius 2 is 2.26 bits per heavy atom. The molecule has 5 heteroatoms. The Morgan fingerprint density at radius 3 is 2.95 bits per heavy atom. The molecule has 2 heterocycles. The van der Waals surface area contributed by atoms with Crippen LogP contribution in [-0.4, -0.2) is 9.55 Å². The maximum Gasteiger partial charge on any atom is 0.125 e. The summed E-state index contributed by atoms with van der Waals surface area (Å²) in [5.74, 6) is 1.19. The fourth-order valence-corrected chi connectivity index (χ4v) is 2.95. The van der Waals surface area contributed by atoms with Gasteiger partial charge in [0.05, 0.1) is 35.1 Å². The number of nitriles is 1. The predicted molar refractivity (Wildman–Crippen MR) is 77.4 cm³/mol. The van der Waals surface area contributed by atoms with Crippen molar-refractivity contribution in [3.05, 3.63) is 52.0 Å². The Morgan fingerprint density at radius 1 is 1.37 bits per heavy atom. The lowest BCUT2D eigenvalue weighted by Crippen LogP contribution is -2.03. The van der Waals surface area contributed by atoms with Crippen molar-refractivity contribution in [2.75, 3.05) is 0 Å². The maximum absolute atomic E-state index is 9.00. The minimum absolute atomic E-state index is 0.362. The summed E-state index contributed by atoms with van der Waals surface area (Å²) in [6, 6.07) is 9.76. The summed E-state index contributed by atoms with van der Waals surface area (Å²) in [6.07, 6.45) is 0. The van der Waals surface area contributed by atoms with Crippen molar-refractivity contribution in [2.24, 2.45) is 0 Å². The molecule has 0 N–H and O–H groups in total. The molecule has 0 saturated carbocycles. The number of halogens is 1. The van der Waals surface area contributed by atoms with E-state index in [1.54, 1.807) is 17.4 Å². The van der Waals surface area contributed by atoms with Crippen LogP contribution in [0.15, 0.2) is 35.0 Å². The van der Waals surface area contributed by atoms with E-state index in [2.05, 4.69) is 32.4 Å². The van der Waals surface area contributed by atoms with Gasteiger partial charge < -0.3 is 4.57 Å². The number of fused-ring (bicyclic) bond motifs is 1. The summed E-state index contributed by atoms with van der Waals surface area (Å²) in [7, 11) is 0. The van der Waals surface area contributed by atoms with Crippen LogP contribution >= 0.6 is 22.9 Å². The molecule has 19 heavy (non-hydrogen) atoms. The molecule has 2 aromatic heterocycles. The first-order valence-corrected chi connectivity index (χ1v) is 7.26. The molecule has 0 unspecified atom stereocenters. The van der Waals surface area contributed by atoms with Gasteiger partial charge in [0.25, 0.3) is 0 Å². The molecule has 0 spiro atoms. The smallest absolute Gasteiger partial charge is 0.125 e. The predicted octanol–water partition coefficient (Wildman–Crippen LogP) is 3.76. The molecule has 3 aromatic rings. The summed E-state index contributed by atoms with van der Waals surface area (Å²) in [4.78, 5) is 4.51. The molecule has 0 aliphatic heterocycles. The standard InChI is InChI=1S/C14H10ClN3S/c15-6-14-17-12-2-1-10(7-16)5-13(12)18(14)8-11-3-4-19-9-11/h1-5,9H,6,8H2. The number of benzene rings is 1. The molecular weight excluding hydrogens is 278 g/mol. The normalized spacial score (nSPS) is 10.7. The molecule has 0 bridgehead atoms. The largest absolute Gasteiger partial charge is 0.322 e. The van der Waals surface area contributed by atoms with E-state index in [1.165, 1.54) is 5.56 Å². The fraction of sp³-hybridized carbons (Fsp3) is 0.143. The van der Waals surface area contributed by atoms with Crippen LogP contribution in [0.1, 0.15) is 17.0 Å². The molecular formula is C14H10ClN3S. The fourth-order valence-electron chi connectivity index (χ4n) is 2.09. The van der Waals surface area contributed by atoms with Crippen LogP contribution in [0.2, 0.25) is 0 Å². The van der Waals surface area contributed by atoms with Gasteiger partial charge in [-0.15, -0.1) is 11.6 Å².